The number of rotatable bonds is 5. The molecule has 0 N–H and O–H groups in total. The van der Waals surface area contributed by atoms with E-state index in [4.69, 9.17) is 0 Å². The fraction of sp³-hybridized carbons (Fsp3) is 0.632. The van der Waals surface area contributed by atoms with Crippen molar-refractivity contribution in [3.8, 4) is 0 Å². The minimum atomic E-state index is -3.52. The van der Waals surface area contributed by atoms with Crippen LogP contribution in [-0.2, 0) is 14.8 Å². The minimum Gasteiger partial charge on any atom is -0.372 e. The van der Waals surface area contributed by atoms with E-state index in [-0.39, 0.29) is 12.5 Å². The molecule has 1 atom stereocenters. The van der Waals surface area contributed by atoms with Gasteiger partial charge in [0.25, 0.3) is 0 Å². The molecule has 6 nitrogen and oxygen atoms in total. The Hall–Kier alpha value is -1.76. The number of carbonyl (C=O) groups is 1. The molecule has 26 heavy (non-hydrogen) atoms. The summed E-state index contributed by atoms with van der Waals surface area (Å²) >= 11 is 0. The van der Waals surface area contributed by atoms with E-state index in [9.17, 15) is 13.2 Å². The maximum absolute atomic E-state index is 12.7. The number of sulfonamides is 1. The second kappa shape index (κ2) is 7.86. The van der Waals surface area contributed by atoms with E-state index >= 15 is 0 Å². The highest BCUT2D eigenvalue weighted by Gasteiger charge is 2.26. The lowest BCUT2D eigenvalue weighted by Crippen LogP contribution is -2.46. The van der Waals surface area contributed by atoms with Gasteiger partial charge in [0.1, 0.15) is 6.54 Å². The van der Waals surface area contributed by atoms with Crippen LogP contribution in [0.5, 0.6) is 0 Å². The summed E-state index contributed by atoms with van der Waals surface area (Å²) in [6.45, 7) is 5.51. The third kappa shape index (κ3) is 4.50. The van der Waals surface area contributed by atoms with Gasteiger partial charge in [0, 0.05) is 31.9 Å². The molecular weight excluding hydrogens is 350 g/mol. The molecule has 1 unspecified atom stereocenters. The monoisotopic (exact) mass is 379 g/mol. The SMILES string of the molecule is CC1CCCN(C(=O)CN(c2ccc(N3CCCC3)cc2)S(C)(=O)=O)C1. The van der Waals surface area contributed by atoms with Gasteiger partial charge in [-0.15, -0.1) is 0 Å². The highest BCUT2D eigenvalue weighted by Crippen LogP contribution is 2.25. The summed E-state index contributed by atoms with van der Waals surface area (Å²) < 4.78 is 25.8. The van der Waals surface area contributed by atoms with Gasteiger partial charge >= 0.3 is 0 Å². The molecule has 2 fully saturated rings. The number of piperidine rings is 1. The zero-order valence-electron chi connectivity index (χ0n) is 15.7. The van der Waals surface area contributed by atoms with Crippen molar-refractivity contribution in [1.29, 1.82) is 0 Å². The molecule has 2 heterocycles. The lowest BCUT2D eigenvalue weighted by molar-refractivity contribution is -0.131. The van der Waals surface area contributed by atoms with E-state index in [1.54, 1.807) is 17.0 Å². The molecule has 0 aliphatic carbocycles. The maximum atomic E-state index is 12.7. The zero-order chi connectivity index (χ0) is 18.7. The fourth-order valence-electron chi connectivity index (χ4n) is 3.84. The minimum absolute atomic E-state index is 0.120. The zero-order valence-corrected chi connectivity index (χ0v) is 16.5. The van der Waals surface area contributed by atoms with Gasteiger partial charge in [-0.25, -0.2) is 8.42 Å². The highest BCUT2D eigenvalue weighted by molar-refractivity contribution is 7.92. The number of nitrogens with zero attached hydrogens (tertiary/aromatic N) is 3. The average molecular weight is 380 g/mol. The van der Waals surface area contributed by atoms with E-state index < -0.39 is 10.0 Å². The highest BCUT2D eigenvalue weighted by atomic mass is 32.2. The molecule has 144 valence electrons. The van der Waals surface area contributed by atoms with E-state index in [2.05, 4.69) is 11.8 Å². The molecule has 2 saturated heterocycles. The summed E-state index contributed by atoms with van der Waals surface area (Å²) in [6, 6.07) is 7.51. The topological polar surface area (TPSA) is 60.9 Å². The molecule has 1 aromatic carbocycles. The van der Waals surface area contributed by atoms with Crippen molar-refractivity contribution in [3.63, 3.8) is 0 Å². The first-order chi connectivity index (χ1) is 12.3. The first-order valence-corrected chi connectivity index (χ1v) is 11.3. The van der Waals surface area contributed by atoms with Crippen LogP contribution in [0.4, 0.5) is 11.4 Å². The number of hydrogen-bond donors (Lipinski definition) is 0. The van der Waals surface area contributed by atoms with Gasteiger partial charge in [0.15, 0.2) is 0 Å². The second-order valence-corrected chi connectivity index (χ2v) is 9.47. The molecule has 0 saturated carbocycles. The Morgan fingerprint density at radius 2 is 1.77 bits per heavy atom. The van der Waals surface area contributed by atoms with Crippen LogP contribution >= 0.6 is 0 Å². The second-order valence-electron chi connectivity index (χ2n) is 7.57. The number of likely N-dealkylation sites (tertiary alicyclic amines) is 1. The standard InChI is InChI=1S/C19H29N3O3S/c1-16-6-5-13-21(14-16)19(23)15-22(26(2,24)25)18-9-7-17(8-10-18)20-11-3-4-12-20/h7-10,16H,3-6,11-15H2,1-2H3. The van der Waals surface area contributed by atoms with E-state index in [1.165, 1.54) is 17.1 Å². The molecule has 3 rings (SSSR count). The van der Waals surface area contributed by atoms with Crippen LogP contribution in [0.25, 0.3) is 0 Å². The number of carbonyl (C=O) groups excluding carboxylic acids is 1. The summed E-state index contributed by atoms with van der Waals surface area (Å²) in [5, 5.41) is 0. The van der Waals surface area contributed by atoms with Gasteiger partial charge in [-0.05, 0) is 55.9 Å². The van der Waals surface area contributed by atoms with E-state index in [1.807, 2.05) is 12.1 Å². The van der Waals surface area contributed by atoms with Crippen molar-refractivity contribution in [2.45, 2.75) is 32.6 Å². The van der Waals surface area contributed by atoms with Gasteiger partial charge < -0.3 is 9.80 Å². The van der Waals surface area contributed by atoms with Crippen molar-refractivity contribution >= 4 is 27.3 Å². The average Bonchev–Trinajstić information content (AvgIpc) is 3.13. The first kappa shape index (κ1) is 19.0. The number of anilines is 2. The summed E-state index contributed by atoms with van der Waals surface area (Å²) in [4.78, 5) is 16.8. The molecule has 0 aromatic heterocycles. The number of amides is 1. The first-order valence-electron chi connectivity index (χ1n) is 9.45. The maximum Gasteiger partial charge on any atom is 0.243 e. The quantitative estimate of drug-likeness (QED) is 0.788. The Kier molecular flexibility index (Phi) is 5.75. The lowest BCUT2D eigenvalue weighted by atomic mass is 10.0. The molecule has 0 spiro atoms. The summed E-state index contributed by atoms with van der Waals surface area (Å²) in [6.07, 6.45) is 5.65. The Labute approximate surface area is 156 Å². The smallest absolute Gasteiger partial charge is 0.243 e. The Morgan fingerprint density at radius 1 is 1.12 bits per heavy atom. The van der Waals surface area contributed by atoms with E-state index in [0.29, 0.717) is 24.7 Å². The Bertz CT molecular complexity index is 727. The van der Waals surface area contributed by atoms with Crippen LogP contribution in [-0.4, -0.2) is 58.2 Å². The summed E-state index contributed by atoms with van der Waals surface area (Å²) in [5.74, 6) is 0.352. The van der Waals surface area contributed by atoms with Crippen LogP contribution < -0.4 is 9.21 Å². The predicted molar refractivity (Wildman–Crippen MR) is 105 cm³/mol. The molecule has 0 bridgehead atoms. The van der Waals surface area contributed by atoms with Crippen LogP contribution in [0.2, 0.25) is 0 Å². The van der Waals surface area contributed by atoms with Crippen molar-refractivity contribution in [1.82, 2.24) is 4.90 Å². The van der Waals surface area contributed by atoms with Crippen LogP contribution in [0.3, 0.4) is 0 Å². The van der Waals surface area contributed by atoms with Crippen molar-refractivity contribution in [2.75, 3.05) is 48.2 Å². The third-order valence-electron chi connectivity index (χ3n) is 5.30. The molecule has 1 amide bonds. The van der Waals surface area contributed by atoms with Crippen molar-refractivity contribution in [2.24, 2.45) is 5.92 Å². The fourth-order valence-corrected chi connectivity index (χ4v) is 4.69. The predicted octanol–water partition coefficient (Wildman–Crippen LogP) is 2.31. The Morgan fingerprint density at radius 3 is 2.35 bits per heavy atom. The molecule has 2 aliphatic rings. The van der Waals surface area contributed by atoms with Gasteiger partial charge in [0.05, 0.1) is 11.9 Å². The van der Waals surface area contributed by atoms with Gasteiger partial charge in [-0.2, -0.15) is 0 Å². The van der Waals surface area contributed by atoms with Crippen molar-refractivity contribution in [3.05, 3.63) is 24.3 Å². The molecule has 7 heteroatoms. The largest absolute Gasteiger partial charge is 0.372 e. The molecule has 1 aromatic rings. The lowest BCUT2D eigenvalue weighted by Gasteiger charge is -2.33. The van der Waals surface area contributed by atoms with Crippen LogP contribution in [0.1, 0.15) is 32.6 Å². The summed E-state index contributed by atoms with van der Waals surface area (Å²) in [5.41, 5.74) is 1.66. The molecule has 2 aliphatic heterocycles. The van der Waals surface area contributed by atoms with Gasteiger partial charge in [-0.1, -0.05) is 6.92 Å². The van der Waals surface area contributed by atoms with Crippen LogP contribution in [0.15, 0.2) is 24.3 Å². The Balaban J connectivity index is 1.74. The van der Waals surface area contributed by atoms with Gasteiger partial charge in [-0.3, -0.25) is 9.10 Å². The van der Waals surface area contributed by atoms with Gasteiger partial charge in [0.2, 0.25) is 15.9 Å². The van der Waals surface area contributed by atoms with E-state index in [0.717, 1.165) is 37.9 Å². The molecule has 0 radical (unpaired) electrons. The molecular formula is C19H29N3O3S. The van der Waals surface area contributed by atoms with Crippen molar-refractivity contribution < 1.29 is 13.2 Å². The number of hydrogen-bond acceptors (Lipinski definition) is 4. The third-order valence-corrected chi connectivity index (χ3v) is 6.44. The summed E-state index contributed by atoms with van der Waals surface area (Å²) in [7, 11) is -3.52. The van der Waals surface area contributed by atoms with Crippen LogP contribution in [0, 0.1) is 5.92 Å². The number of benzene rings is 1. The normalized spacial score (nSPS) is 21.1.